The molecule has 3 rings (SSSR count). The average molecular weight is 413 g/mol. The number of rotatable bonds is 6. The summed E-state index contributed by atoms with van der Waals surface area (Å²) in [5.41, 5.74) is 0.833. The molecule has 1 atom stereocenters. The van der Waals surface area contributed by atoms with Crippen molar-refractivity contribution in [1.82, 2.24) is 10.2 Å². The molecule has 1 unspecified atom stereocenters. The number of urea groups is 1. The van der Waals surface area contributed by atoms with Gasteiger partial charge in [-0.05, 0) is 68.7 Å². The summed E-state index contributed by atoms with van der Waals surface area (Å²) in [4.78, 5) is 27.2. The van der Waals surface area contributed by atoms with E-state index in [0.29, 0.717) is 38.3 Å². The van der Waals surface area contributed by atoms with Crippen LogP contribution in [0, 0.1) is 11.2 Å². The average Bonchev–Trinajstić information content (AvgIpc) is 2.74. The molecule has 30 heavy (non-hydrogen) atoms. The highest BCUT2D eigenvalue weighted by molar-refractivity contribution is 5.90. The van der Waals surface area contributed by atoms with E-state index in [4.69, 9.17) is 4.74 Å². The number of nitrogens with zero attached hydrogens (tertiary/aromatic N) is 1. The number of halogens is 1. The molecular weight excluding hydrogens is 385 g/mol. The molecule has 1 heterocycles. The molecule has 1 aliphatic heterocycles. The van der Waals surface area contributed by atoms with E-state index < -0.39 is 5.41 Å². The molecule has 0 radical (unpaired) electrons. The minimum atomic E-state index is -0.672. The van der Waals surface area contributed by atoms with Crippen LogP contribution in [0.25, 0.3) is 0 Å². The van der Waals surface area contributed by atoms with Crippen molar-refractivity contribution in [3.05, 3.63) is 59.9 Å². The fourth-order valence-corrected chi connectivity index (χ4v) is 3.60. The SMILES string of the molecule is CCOc1ccc(NC(=O)N2CCCC(C)(C(=O)NCc3ccc(F)cc3)C2)cc1. The van der Waals surface area contributed by atoms with Crippen LogP contribution in [0.5, 0.6) is 5.75 Å². The summed E-state index contributed by atoms with van der Waals surface area (Å²) in [6.07, 6.45) is 1.45. The van der Waals surface area contributed by atoms with Crippen molar-refractivity contribution >= 4 is 17.6 Å². The first-order valence-electron chi connectivity index (χ1n) is 10.2. The minimum absolute atomic E-state index is 0.106. The molecular formula is C23H28FN3O3. The maximum Gasteiger partial charge on any atom is 0.321 e. The Balaban J connectivity index is 1.56. The first-order valence-corrected chi connectivity index (χ1v) is 10.2. The zero-order chi connectivity index (χ0) is 21.6. The molecule has 0 aromatic heterocycles. The molecule has 1 aliphatic rings. The van der Waals surface area contributed by atoms with Crippen LogP contribution in [-0.4, -0.2) is 36.5 Å². The maximum atomic E-state index is 13.0. The molecule has 2 aromatic carbocycles. The number of hydrogen-bond donors (Lipinski definition) is 2. The molecule has 160 valence electrons. The Morgan fingerprint density at radius 1 is 1.13 bits per heavy atom. The van der Waals surface area contributed by atoms with Crippen molar-refractivity contribution in [3.63, 3.8) is 0 Å². The minimum Gasteiger partial charge on any atom is -0.494 e. The Morgan fingerprint density at radius 3 is 2.50 bits per heavy atom. The van der Waals surface area contributed by atoms with Crippen molar-refractivity contribution < 1.29 is 18.7 Å². The monoisotopic (exact) mass is 413 g/mol. The zero-order valence-electron chi connectivity index (χ0n) is 17.4. The van der Waals surface area contributed by atoms with Gasteiger partial charge in [-0.2, -0.15) is 0 Å². The van der Waals surface area contributed by atoms with E-state index in [0.717, 1.165) is 17.7 Å². The third-order valence-electron chi connectivity index (χ3n) is 5.31. The van der Waals surface area contributed by atoms with Crippen LogP contribution in [-0.2, 0) is 11.3 Å². The van der Waals surface area contributed by atoms with Crippen molar-refractivity contribution in [2.24, 2.45) is 5.41 Å². The van der Waals surface area contributed by atoms with E-state index in [1.165, 1.54) is 12.1 Å². The van der Waals surface area contributed by atoms with Gasteiger partial charge in [0.25, 0.3) is 0 Å². The zero-order valence-corrected chi connectivity index (χ0v) is 17.4. The first kappa shape index (κ1) is 21.6. The summed E-state index contributed by atoms with van der Waals surface area (Å²) in [6, 6.07) is 13.0. The molecule has 2 N–H and O–H groups in total. The van der Waals surface area contributed by atoms with E-state index in [9.17, 15) is 14.0 Å². The summed E-state index contributed by atoms with van der Waals surface area (Å²) in [7, 11) is 0. The molecule has 0 bridgehead atoms. The highest BCUT2D eigenvalue weighted by Gasteiger charge is 2.39. The molecule has 1 fully saturated rings. The summed E-state index contributed by atoms with van der Waals surface area (Å²) < 4.78 is 18.4. The van der Waals surface area contributed by atoms with Crippen LogP contribution in [0.2, 0.25) is 0 Å². The smallest absolute Gasteiger partial charge is 0.321 e. The Hall–Kier alpha value is -3.09. The lowest BCUT2D eigenvalue weighted by Gasteiger charge is -2.39. The van der Waals surface area contributed by atoms with Crippen LogP contribution >= 0.6 is 0 Å². The number of carbonyl (C=O) groups is 2. The lowest BCUT2D eigenvalue weighted by Crippen LogP contribution is -2.52. The lowest BCUT2D eigenvalue weighted by atomic mass is 9.81. The predicted octanol–water partition coefficient (Wildman–Crippen LogP) is 4.17. The number of piperidine rings is 1. The van der Waals surface area contributed by atoms with Gasteiger partial charge in [-0.1, -0.05) is 12.1 Å². The number of carbonyl (C=O) groups excluding carboxylic acids is 2. The summed E-state index contributed by atoms with van der Waals surface area (Å²) in [5.74, 6) is 0.336. The van der Waals surface area contributed by atoms with Crippen LogP contribution in [0.15, 0.2) is 48.5 Å². The number of benzene rings is 2. The quantitative estimate of drug-likeness (QED) is 0.747. The standard InChI is InChI=1S/C23H28FN3O3/c1-3-30-20-11-9-19(10-12-20)26-22(29)27-14-4-13-23(2,16-27)21(28)25-15-17-5-7-18(24)8-6-17/h5-12H,3-4,13-16H2,1-2H3,(H,25,28)(H,26,29). The van der Waals surface area contributed by atoms with Gasteiger partial charge in [-0.3, -0.25) is 4.79 Å². The largest absolute Gasteiger partial charge is 0.494 e. The maximum absolute atomic E-state index is 13.0. The Labute approximate surface area is 176 Å². The van der Waals surface area contributed by atoms with Crippen LogP contribution < -0.4 is 15.4 Å². The summed E-state index contributed by atoms with van der Waals surface area (Å²) in [5, 5.41) is 5.81. The van der Waals surface area contributed by atoms with E-state index in [1.807, 2.05) is 26.0 Å². The Morgan fingerprint density at radius 2 is 1.83 bits per heavy atom. The van der Waals surface area contributed by atoms with Crippen LogP contribution in [0.4, 0.5) is 14.9 Å². The number of hydrogen-bond acceptors (Lipinski definition) is 3. The van der Waals surface area contributed by atoms with E-state index in [1.54, 1.807) is 29.2 Å². The van der Waals surface area contributed by atoms with Crippen molar-refractivity contribution in [1.29, 1.82) is 0 Å². The number of anilines is 1. The van der Waals surface area contributed by atoms with Gasteiger partial charge in [-0.25, -0.2) is 9.18 Å². The highest BCUT2D eigenvalue weighted by Crippen LogP contribution is 2.30. The van der Waals surface area contributed by atoms with Crippen molar-refractivity contribution in [2.75, 3.05) is 25.0 Å². The van der Waals surface area contributed by atoms with Gasteiger partial charge < -0.3 is 20.3 Å². The molecule has 1 saturated heterocycles. The summed E-state index contributed by atoms with van der Waals surface area (Å²) >= 11 is 0. The molecule has 0 aliphatic carbocycles. The van der Waals surface area contributed by atoms with Gasteiger partial charge in [0.15, 0.2) is 0 Å². The molecule has 3 amide bonds. The lowest BCUT2D eigenvalue weighted by molar-refractivity contribution is -0.132. The van der Waals surface area contributed by atoms with E-state index in [-0.39, 0.29) is 17.8 Å². The third-order valence-corrected chi connectivity index (χ3v) is 5.31. The topological polar surface area (TPSA) is 70.7 Å². The number of nitrogens with one attached hydrogen (secondary N) is 2. The number of ether oxygens (including phenoxy) is 1. The fraction of sp³-hybridized carbons (Fsp3) is 0.391. The number of likely N-dealkylation sites (tertiary alicyclic amines) is 1. The fourth-order valence-electron chi connectivity index (χ4n) is 3.60. The Kier molecular flexibility index (Phi) is 6.92. The van der Waals surface area contributed by atoms with Gasteiger partial charge in [0.1, 0.15) is 11.6 Å². The predicted molar refractivity (Wildman–Crippen MR) is 114 cm³/mol. The van der Waals surface area contributed by atoms with E-state index >= 15 is 0 Å². The Bertz CT molecular complexity index is 870. The highest BCUT2D eigenvalue weighted by atomic mass is 19.1. The second kappa shape index (κ2) is 9.61. The van der Waals surface area contributed by atoms with Gasteiger partial charge in [0.05, 0.1) is 12.0 Å². The third kappa shape index (κ3) is 5.49. The number of amides is 3. The normalized spacial score (nSPS) is 18.6. The van der Waals surface area contributed by atoms with Gasteiger partial charge in [0.2, 0.25) is 5.91 Å². The first-order chi connectivity index (χ1) is 14.4. The van der Waals surface area contributed by atoms with Gasteiger partial charge in [0, 0.05) is 25.3 Å². The molecule has 2 aromatic rings. The molecule has 6 nitrogen and oxygen atoms in total. The van der Waals surface area contributed by atoms with Crippen LogP contribution in [0.3, 0.4) is 0 Å². The molecule has 0 spiro atoms. The van der Waals surface area contributed by atoms with Gasteiger partial charge in [-0.15, -0.1) is 0 Å². The second-order valence-corrected chi connectivity index (χ2v) is 7.78. The summed E-state index contributed by atoms with van der Waals surface area (Å²) in [6.45, 7) is 5.64. The molecule has 0 saturated carbocycles. The molecule has 7 heteroatoms. The van der Waals surface area contributed by atoms with Crippen molar-refractivity contribution in [3.8, 4) is 5.75 Å². The van der Waals surface area contributed by atoms with Crippen LogP contribution in [0.1, 0.15) is 32.3 Å². The van der Waals surface area contributed by atoms with Gasteiger partial charge >= 0.3 is 6.03 Å². The van der Waals surface area contributed by atoms with E-state index in [2.05, 4.69) is 10.6 Å². The van der Waals surface area contributed by atoms with Crippen molar-refractivity contribution in [2.45, 2.75) is 33.2 Å². The second-order valence-electron chi connectivity index (χ2n) is 7.78.